The molecule has 2 heteroatoms. The van der Waals surface area contributed by atoms with Crippen molar-refractivity contribution in [1.82, 2.24) is 0 Å². The van der Waals surface area contributed by atoms with E-state index in [1.807, 2.05) is 0 Å². The van der Waals surface area contributed by atoms with Crippen LogP contribution in [0, 0.1) is 5.88 Å². The lowest BCUT2D eigenvalue weighted by molar-refractivity contribution is 0.953. The second-order valence-corrected chi connectivity index (χ2v) is 4.69. The highest BCUT2D eigenvalue weighted by atomic mass is 32.2. The van der Waals surface area contributed by atoms with E-state index in [9.17, 15) is 0 Å². The number of hydrogen-bond donors (Lipinski definition) is 0. The molecule has 0 N–H and O–H groups in total. The van der Waals surface area contributed by atoms with Gasteiger partial charge in [-0.3, -0.25) is 0 Å². The van der Waals surface area contributed by atoms with E-state index in [2.05, 4.69) is 65.4 Å². The Bertz CT molecular complexity index is 481. The minimum atomic E-state index is 0.949. The van der Waals surface area contributed by atoms with Gasteiger partial charge in [0, 0.05) is 11.4 Å². The Morgan fingerprint density at radius 3 is 2.50 bits per heavy atom. The molecule has 0 unspecified atom stereocenters. The molecule has 0 saturated heterocycles. The molecule has 1 aliphatic heterocycles. The van der Waals surface area contributed by atoms with Crippen LogP contribution in [-0.2, 0) is 6.54 Å². The fraction of sp³-hybridized carbons (Fsp3) is 0.0714. The highest BCUT2D eigenvalue weighted by Crippen LogP contribution is 2.41. The molecule has 0 atom stereocenters. The summed E-state index contributed by atoms with van der Waals surface area (Å²) in [5, 5.41) is 0. The van der Waals surface area contributed by atoms with Crippen molar-refractivity contribution in [2.24, 2.45) is 0 Å². The molecule has 3 rings (SSSR count). The summed E-state index contributed by atoms with van der Waals surface area (Å²) < 4.78 is 0. The van der Waals surface area contributed by atoms with Gasteiger partial charge in [0.15, 0.2) is 0 Å². The van der Waals surface area contributed by atoms with E-state index in [1.54, 1.807) is 11.8 Å². The molecular weight excluding hydrogens is 214 g/mol. The molecule has 2 aromatic rings. The maximum absolute atomic E-state index is 2.30. The van der Waals surface area contributed by atoms with Crippen LogP contribution in [0.1, 0.15) is 5.56 Å². The van der Waals surface area contributed by atoms with Crippen molar-refractivity contribution in [3.8, 4) is 0 Å². The van der Waals surface area contributed by atoms with E-state index in [0.717, 1.165) is 6.54 Å². The first-order valence-corrected chi connectivity index (χ1v) is 6.21. The third-order valence-corrected chi connectivity index (χ3v) is 3.64. The summed E-state index contributed by atoms with van der Waals surface area (Å²) in [6.07, 6.45) is 0. The fourth-order valence-corrected chi connectivity index (χ4v) is 2.77. The van der Waals surface area contributed by atoms with E-state index < -0.39 is 0 Å². The first-order valence-electron chi connectivity index (χ1n) is 5.33. The summed E-state index contributed by atoms with van der Waals surface area (Å²) in [6.45, 7) is 0.949. The van der Waals surface area contributed by atoms with Gasteiger partial charge in [-0.05, 0) is 17.7 Å². The third kappa shape index (κ3) is 1.81. The molecule has 0 aliphatic carbocycles. The van der Waals surface area contributed by atoms with Gasteiger partial charge in [0.1, 0.15) is 5.88 Å². The lowest BCUT2D eigenvalue weighted by Crippen LogP contribution is -2.14. The minimum absolute atomic E-state index is 0.949. The largest absolute Gasteiger partial charge is 0.351 e. The number of benzene rings is 2. The van der Waals surface area contributed by atoms with Crippen molar-refractivity contribution in [1.29, 1.82) is 0 Å². The molecule has 16 heavy (non-hydrogen) atoms. The van der Waals surface area contributed by atoms with Crippen LogP contribution in [-0.4, -0.2) is 0 Å². The van der Waals surface area contributed by atoms with Crippen molar-refractivity contribution >= 4 is 17.4 Å². The lowest BCUT2D eigenvalue weighted by Gasteiger charge is -2.17. The Balaban J connectivity index is 1.84. The Morgan fingerprint density at radius 1 is 0.875 bits per heavy atom. The number of rotatable bonds is 2. The van der Waals surface area contributed by atoms with Gasteiger partial charge in [-0.15, -0.1) is 0 Å². The second-order valence-electron chi connectivity index (χ2n) is 3.80. The fourth-order valence-electron chi connectivity index (χ4n) is 1.87. The van der Waals surface area contributed by atoms with Gasteiger partial charge in [-0.1, -0.05) is 54.2 Å². The number of nitrogens with zero attached hydrogens (tertiary/aromatic N) is 1. The van der Waals surface area contributed by atoms with Crippen molar-refractivity contribution in [3.05, 3.63) is 66.0 Å². The van der Waals surface area contributed by atoms with Crippen LogP contribution in [0.3, 0.4) is 0 Å². The van der Waals surface area contributed by atoms with Gasteiger partial charge in [-0.2, -0.15) is 0 Å². The Hall–Kier alpha value is -1.41. The molecular formula is C14H12NS. The number of para-hydroxylation sites is 1. The normalized spacial score (nSPS) is 13.9. The molecule has 0 aromatic heterocycles. The molecule has 0 saturated carbocycles. The van der Waals surface area contributed by atoms with Crippen LogP contribution < -0.4 is 4.90 Å². The average Bonchev–Trinajstić information content (AvgIpc) is 2.74. The minimum Gasteiger partial charge on any atom is -0.351 e. The van der Waals surface area contributed by atoms with Crippen LogP contribution >= 0.6 is 11.8 Å². The predicted octanol–water partition coefficient (Wildman–Crippen LogP) is 3.92. The zero-order valence-electron chi connectivity index (χ0n) is 8.84. The van der Waals surface area contributed by atoms with E-state index in [4.69, 9.17) is 0 Å². The molecule has 0 spiro atoms. The topological polar surface area (TPSA) is 3.24 Å². The van der Waals surface area contributed by atoms with Gasteiger partial charge >= 0.3 is 0 Å². The molecule has 1 aliphatic rings. The van der Waals surface area contributed by atoms with Gasteiger partial charge < -0.3 is 4.90 Å². The number of fused-ring (bicyclic) bond motifs is 1. The van der Waals surface area contributed by atoms with Gasteiger partial charge in [0.2, 0.25) is 0 Å². The average molecular weight is 226 g/mol. The number of thioether (sulfide) groups is 1. The van der Waals surface area contributed by atoms with Gasteiger partial charge in [-0.25, -0.2) is 0 Å². The molecule has 79 valence electrons. The molecule has 0 amide bonds. The monoisotopic (exact) mass is 226 g/mol. The Labute approximate surface area is 100 Å². The predicted molar refractivity (Wildman–Crippen MR) is 69.2 cm³/mol. The molecule has 1 heterocycles. The van der Waals surface area contributed by atoms with Crippen LogP contribution in [0.4, 0.5) is 5.69 Å². The molecule has 2 aromatic carbocycles. The highest BCUT2D eigenvalue weighted by molar-refractivity contribution is 8.01. The third-order valence-electron chi connectivity index (χ3n) is 2.68. The summed E-state index contributed by atoms with van der Waals surface area (Å²) >= 11 is 1.80. The molecule has 1 nitrogen and oxygen atoms in total. The van der Waals surface area contributed by atoms with Gasteiger partial charge in [0.05, 0.1) is 5.69 Å². The van der Waals surface area contributed by atoms with Crippen molar-refractivity contribution < 1.29 is 0 Å². The Morgan fingerprint density at radius 2 is 1.62 bits per heavy atom. The number of hydrogen-bond acceptors (Lipinski definition) is 2. The first kappa shape index (κ1) is 9.79. The summed E-state index contributed by atoms with van der Waals surface area (Å²) in [7, 11) is 0. The van der Waals surface area contributed by atoms with Crippen LogP contribution in [0.5, 0.6) is 0 Å². The first-order chi connectivity index (χ1) is 7.93. The van der Waals surface area contributed by atoms with Crippen molar-refractivity contribution in [2.45, 2.75) is 11.4 Å². The van der Waals surface area contributed by atoms with Crippen LogP contribution in [0.15, 0.2) is 59.5 Å². The molecule has 1 radical (unpaired) electrons. The maximum Gasteiger partial charge on any atom is 0.110 e. The zero-order valence-corrected chi connectivity index (χ0v) is 9.65. The summed E-state index contributed by atoms with van der Waals surface area (Å²) in [5.41, 5.74) is 2.66. The van der Waals surface area contributed by atoms with E-state index in [0.29, 0.717) is 0 Å². The van der Waals surface area contributed by atoms with Crippen LogP contribution in [0.2, 0.25) is 0 Å². The maximum atomic E-state index is 2.30. The standard InChI is InChI=1S/C14H12NS/c1-2-6-12(7-3-1)10-15-11-16-14-9-5-4-8-13(14)15/h1-9,11H,10H2. The summed E-state index contributed by atoms with van der Waals surface area (Å²) in [4.78, 5) is 3.65. The zero-order chi connectivity index (χ0) is 10.8. The second kappa shape index (κ2) is 4.22. The lowest BCUT2D eigenvalue weighted by atomic mass is 10.2. The Kier molecular flexibility index (Phi) is 2.58. The van der Waals surface area contributed by atoms with E-state index >= 15 is 0 Å². The SMILES string of the molecule is [CH]1Sc2ccccc2N1Cc1ccccc1. The quantitative estimate of drug-likeness (QED) is 0.763. The van der Waals surface area contributed by atoms with Gasteiger partial charge in [0.25, 0.3) is 0 Å². The van der Waals surface area contributed by atoms with E-state index in [1.165, 1.54) is 16.1 Å². The highest BCUT2D eigenvalue weighted by Gasteiger charge is 2.19. The molecule has 0 bridgehead atoms. The van der Waals surface area contributed by atoms with Crippen LogP contribution in [0.25, 0.3) is 0 Å². The summed E-state index contributed by atoms with van der Waals surface area (Å²) in [5.74, 6) is 2.19. The number of anilines is 1. The summed E-state index contributed by atoms with van der Waals surface area (Å²) in [6, 6.07) is 19.1. The van der Waals surface area contributed by atoms with Crippen molar-refractivity contribution in [2.75, 3.05) is 4.90 Å². The van der Waals surface area contributed by atoms with Crippen molar-refractivity contribution in [3.63, 3.8) is 0 Å². The smallest absolute Gasteiger partial charge is 0.110 e. The van der Waals surface area contributed by atoms with E-state index in [-0.39, 0.29) is 0 Å². The molecule has 0 fully saturated rings.